The van der Waals surface area contributed by atoms with Crippen LogP contribution in [0.2, 0.25) is 0 Å². The first-order valence-electron chi connectivity index (χ1n) is 8.08. The summed E-state index contributed by atoms with van der Waals surface area (Å²) in [4.78, 5) is 13.1. The lowest BCUT2D eigenvalue weighted by Gasteiger charge is -2.25. The molecule has 0 amide bonds. The molecule has 1 atom stereocenters. The molecule has 0 radical (unpaired) electrons. The van der Waals surface area contributed by atoms with Crippen LogP contribution in [0.25, 0.3) is 0 Å². The Labute approximate surface area is 140 Å². The highest BCUT2D eigenvalue weighted by molar-refractivity contribution is 5.69. The van der Waals surface area contributed by atoms with Crippen molar-refractivity contribution in [2.75, 3.05) is 11.4 Å². The molecule has 24 heavy (non-hydrogen) atoms. The summed E-state index contributed by atoms with van der Waals surface area (Å²) in [6, 6.07) is 14.1. The van der Waals surface area contributed by atoms with Crippen LogP contribution in [0.3, 0.4) is 0 Å². The van der Waals surface area contributed by atoms with Gasteiger partial charge in [-0.15, -0.1) is 0 Å². The van der Waals surface area contributed by atoms with E-state index in [1.54, 1.807) is 18.2 Å². The number of rotatable bonds is 6. The molecule has 2 aromatic carbocycles. The van der Waals surface area contributed by atoms with Gasteiger partial charge in [-0.05, 0) is 43.2 Å². The van der Waals surface area contributed by atoms with Crippen molar-refractivity contribution in [1.29, 1.82) is 0 Å². The molecule has 2 aromatic rings. The second kappa shape index (κ2) is 7.34. The van der Waals surface area contributed by atoms with E-state index in [0.29, 0.717) is 11.3 Å². The van der Waals surface area contributed by atoms with E-state index in [1.165, 1.54) is 6.07 Å². The molecule has 4 nitrogen and oxygen atoms in total. The van der Waals surface area contributed by atoms with Crippen molar-refractivity contribution < 1.29 is 19.0 Å². The van der Waals surface area contributed by atoms with Crippen LogP contribution < -0.4 is 9.64 Å². The minimum atomic E-state index is -0.767. The zero-order valence-corrected chi connectivity index (χ0v) is 13.3. The van der Waals surface area contributed by atoms with Crippen molar-refractivity contribution in [2.45, 2.75) is 31.9 Å². The first-order chi connectivity index (χ1) is 11.6. The van der Waals surface area contributed by atoms with Gasteiger partial charge in [0, 0.05) is 23.8 Å². The minimum Gasteiger partial charge on any atom is -0.489 e. The molecule has 0 bridgehead atoms. The van der Waals surface area contributed by atoms with Crippen molar-refractivity contribution >= 4 is 11.7 Å². The van der Waals surface area contributed by atoms with E-state index in [9.17, 15) is 9.18 Å². The number of carbonyl (C=O) groups is 1. The maximum Gasteiger partial charge on any atom is 0.305 e. The molecule has 126 valence electrons. The largest absolute Gasteiger partial charge is 0.489 e. The van der Waals surface area contributed by atoms with E-state index in [0.717, 1.165) is 25.1 Å². The van der Waals surface area contributed by atoms with Crippen LogP contribution in [0.15, 0.2) is 48.5 Å². The number of benzene rings is 2. The number of aliphatic carboxylic acids is 1. The molecule has 0 aliphatic carbocycles. The van der Waals surface area contributed by atoms with Gasteiger partial charge in [0.05, 0.1) is 6.42 Å². The lowest BCUT2D eigenvalue weighted by atomic mass is 10.1. The Bertz CT molecular complexity index is 702. The van der Waals surface area contributed by atoms with E-state index in [-0.39, 0.29) is 24.9 Å². The van der Waals surface area contributed by atoms with Gasteiger partial charge < -0.3 is 14.7 Å². The van der Waals surface area contributed by atoms with Gasteiger partial charge in [0.2, 0.25) is 0 Å². The number of nitrogens with zero attached hydrogens (tertiary/aromatic N) is 1. The van der Waals surface area contributed by atoms with E-state index < -0.39 is 5.97 Å². The zero-order valence-electron chi connectivity index (χ0n) is 13.3. The number of hydrogen-bond donors (Lipinski definition) is 1. The number of ether oxygens (including phenoxy) is 1. The summed E-state index contributed by atoms with van der Waals surface area (Å²) in [5, 5.41) is 9.01. The fourth-order valence-corrected chi connectivity index (χ4v) is 3.10. The van der Waals surface area contributed by atoms with Gasteiger partial charge in [-0.1, -0.05) is 18.2 Å². The van der Waals surface area contributed by atoms with E-state index in [2.05, 4.69) is 4.90 Å². The molecule has 1 heterocycles. The molecule has 0 saturated carbocycles. The molecule has 1 unspecified atom stereocenters. The van der Waals surface area contributed by atoms with Crippen molar-refractivity contribution in [3.63, 3.8) is 0 Å². The lowest BCUT2D eigenvalue weighted by Crippen LogP contribution is -2.31. The van der Waals surface area contributed by atoms with Gasteiger partial charge in [-0.2, -0.15) is 0 Å². The third-order valence-electron chi connectivity index (χ3n) is 4.31. The monoisotopic (exact) mass is 329 g/mol. The quantitative estimate of drug-likeness (QED) is 0.874. The summed E-state index contributed by atoms with van der Waals surface area (Å²) in [5.41, 5.74) is 1.51. The van der Waals surface area contributed by atoms with Gasteiger partial charge in [-0.25, -0.2) is 4.39 Å². The predicted octanol–water partition coefficient (Wildman–Crippen LogP) is 3.85. The molecule has 0 aromatic heterocycles. The van der Waals surface area contributed by atoms with Crippen molar-refractivity contribution in [3.05, 3.63) is 59.9 Å². The fraction of sp³-hybridized carbons (Fsp3) is 0.316. The van der Waals surface area contributed by atoms with Crippen molar-refractivity contribution in [3.8, 4) is 5.75 Å². The van der Waals surface area contributed by atoms with Crippen LogP contribution >= 0.6 is 0 Å². The Hall–Kier alpha value is -2.56. The van der Waals surface area contributed by atoms with E-state index >= 15 is 0 Å². The highest BCUT2D eigenvalue weighted by atomic mass is 19.1. The number of halogens is 1. The first-order valence-corrected chi connectivity index (χ1v) is 8.08. The Balaban J connectivity index is 1.63. The van der Waals surface area contributed by atoms with Crippen LogP contribution in [0, 0.1) is 5.82 Å². The third kappa shape index (κ3) is 3.85. The Kier molecular flexibility index (Phi) is 4.99. The van der Waals surface area contributed by atoms with Gasteiger partial charge in [-0.3, -0.25) is 4.79 Å². The summed E-state index contributed by atoms with van der Waals surface area (Å²) in [7, 11) is 0. The molecular formula is C19H20FNO3. The smallest absolute Gasteiger partial charge is 0.305 e. The maximum absolute atomic E-state index is 13.6. The molecular weight excluding hydrogens is 309 g/mol. The number of anilines is 1. The first kappa shape index (κ1) is 16.3. The number of carboxylic acid groups (broad SMARTS) is 1. The predicted molar refractivity (Wildman–Crippen MR) is 89.8 cm³/mol. The maximum atomic E-state index is 13.6. The standard InChI is InChI=1S/C19H20FNO3/c20-18-6-2-1-4-14(18)13-24-17-9-7-15(8-10-17)21-11-3-5-16(21)12-19(22)23/h1-2,4,6-10,16H,3,5,11-13H2,(H,22,23). The van der Waals surface area contributed by atoms with Crippen LogP contribution in [-0.2, 0) is 11.4 Å². The summed E-state index contributed by atoms with van der Waals surface area (Å²) >= 11 is 0. The van der Waals surface area contributed by atoms with Gasteiger partial charge in [0.1, 0.15) is 18.2 Å². The Morgan fingerprint density at radius 3 is 2.67 bits per heavy atom. The van der Waals surface area contributed by atoms with E-state index in [4.69, 9.17) is 9.84 Å². The SMILES string of the molecule is O=C(O)CC1CCCN1c1ccc(OCc2ccccc2F)cc1. The Morgan fingerprint density at radius 2 is 1.96 bits per heavy atom. The average Bonchev–Trinajstić information content (AvgIpc) is 3.02. The normalized spacial score (nSPS) is 17.0. The molecule has 1 N–H and O–H groups in total. The minimum absolute atomic E-state index is 0.0488. The summed E-state index contributed by atoms with van der Waals surface area (Å²) < 4.78 is 19.2. The Morgan fingerprint density at radius 1 is 1.21 bits per heavy atom. The van der Waals surface area contributed by atoms with Crippen LogP contribution in [-0.4, -0.2) is 23.7 Å². The zero-order chi connectivity index (χ0) is 16.9. The fourth-order valence-electron chi connectivity index (χ4n) is 3.10. The van der Waals surface area contributed by atoms with E-state index in [1.807, 2.05) is 24.3 Å². The van der Waals surface area contributed by atoms with Crippen molar-refractivity contribution in [2.24, 2.45) is 0 Å². The average molecular weight is 329 g/mol. The molecule has 3 rings (SSSR count). The molecule has 1 aliphatic heterocycles. The van der Waals surface area contributed by atoms with Crippen LogP contribution in [0.5, 0.6) is 5.75 Å². The molecule has 0 spiro atoms. The molecule has 1 saturated heterocycles. The highest BCUT2D eigenvalue weighted by Crippen LogP contribution is 2.29. The second-order valence-electron chi connectivity index (χ2n) is 5.96. The molecule has 1 aliphatic rings. The topological polar surface area (TPSA) is 49.8 Å². The van der Waals surface area contributed by atoms with Crippen LogP contribution in [0.4, 0.5) is 10.1 Å². The lowest BCUT2D eigenvalue weighted by molar-refractivity contribution is -0.137. The summed E-state index contributed by atoms with van der Waals surface area (Å²) in [6.07, 6.45) is 2.06. The van der Waals surface area contributed by atoms with Gasteiger partial charge in [0.15, 0.2) is 0 Å². The second-order valence-corrected chi connectivity index (χ2v) is 5.96. The highest BCUT2D eigenvalue weighted by Gasteiger charge is 2.26. The summed E-state index contributed by atoms with van der Waals surface area (Å²) in [5.74, 6) is -0.379. The van der Waals surface area contributed by atoms with Crippen LogP contribution in [0.1, 0.15) is 24.8 Å². The number of hydrogen-bond acceptors (Lipinski definition) is 3. The third-order valence-corrected chi connectivity index (χ3v) is 4.31. The molecule has 5 heteroatoms. The number of carboxylic acids is 1. The van der Waals surface area contributed by atoms with Gasteiger partial charge in [0.25, 0.3) is 0 Å². The van der Waals surface area contributed by atoms with Gasteiger partial charge >= 0.3 is 5.97 Å². The summed E-state index contributed by atoms with van der Waals surface area (Å²) in [6.45, 7) is 1.05. The molecule has 1 fully saturated rings. The van der Waals surface area contributed by atoms with Crippen molar-refractivity contribution in [1.82, 2.24) is 0 Å².